The Kier molecular flexibility index (Phi) is 33.8. The molecule has 0 fully saturated rings. The zero-order chi connectivity index (χ0) is 36.3. The van der Waals surface area contributed by atoms with Crippen LogP contribution in [0.4, 0.5) is 0 Å². The maximum absolute atomic E-state index is 12.5. The monoisotopic (exact) mass is 718 g/mol. The third kappa shape index (κ3) is 34.7. The van der Waals surface area contributed by atoms with Gasteiger partial charge in [-0.15, -0.1) is 0 Å². The molecule has 3 N–H and O–H groups in total. The molecule has 0 aromatic rings. The highest BCUT2D eigenvalue weighted by Gasteiger charge is 2.27. The highest BCUT2D eigenvalue weighted by molar-refractivity contribution is 7.47. The molecule has 0 saturated heterocycles. The number of carbonyl (C=O) groups excluding carboxylic acids is 2. The fourth-order valence-electron chi connectivity index (χ4n) is 5.10. The summed E-state index contributed by atoms with van der Waals surface area (Å²) in [6, 6.07) is 0. The van der Waals surface area contributed by atoms with Crippen molar-refractivity contribution in [2.45, 2.75) is 180 Å². The van der Waals surface area contributed by atoms with Gasteiger partial charge in [-0.1, -0.05) is 147 Å². The zero-order valence-corrected chi connectivity index (χ0v) is 31.8. The van der Waals surface area contributed by atoms with Gasteiger partial charge >= 0.3 is 19.8 Å². The van der Waals surface area contributed by atoms with E-state index >= 15 is 0 Å². The molecule has 0 heterocycles. The van der Waals surface area contributed by atoms with Gasteiger partial charge in [0.15, 0.2) is 6.10 Å². The first kappa shape index (κ1) is 47.4. The van der Waals surface area contributed by atoms with E-state index < -0.39 is 51.8 Å². The summed E-state index contributed by atoms with van der Waals surface area (Å²) in [5.41, 5.74) is 0. The quantitative estimate of drug-likeness (QED) is 0.0248. The zero-order valence-electron chi connectivity index (χ0n) is 30.9. The lowest BCUT2D eigenvalue weighted by molar-refractivity contribution is -0.161. The summed E-state index contributed by atoms with van der Waals surface area (Å²) in [5.74, 6) is -1.00. The average molecular weight is 719 g/mol. The number of aliphatic hydroxyl groups excluding tert-OH is 2. The van der Waals surface area contributed by atoms with Crippen LogP contribution >= 0.6 is 7.82 Å². The van der Waals surface area contributed by atoms with Gasteiger partial charge in [-0.2, -0.15) is 0 Å². The maximum atomic E-state index is 12.5. The number of carbonyl (C=O) groups is 2. The summed E-state index contributed by atoms with van der Waals surface area (Å²) < 4.78 is 32.5. The summed E-state index contributed by atoms with van der Waals surface area (Å²) in [6.07, 6.45) is 31.6. The van der Waals surface area contributed by atoms with Crippen molar-refractivity contribution < 1.29 is 47.8 Å². The molecule has 0 bridgehead atoms. The molecule has 3 atom stereocenters. The lowest BCUT2D eigenvalue weighted by Crippen LogP contribution is -2.29. The van der Waals surface area contributed by atoms with E-state index in [1.807, 2.05) is 12.2 Å². The van der Waals surface area contributed by atoms with Gasteiger partial charge in [0, 0.05) is 12.8 Å². The highest BCUT2D eigenvalue weighted by atomic mass is 31.2. The van der Waals surface area contributed by atoms with Crippen LogP contribution in [-0.4, -0.2) is 65.7 Å². The molecular formula is C38H71O10P. The second-order valence-corrected chi connectivity index (χ2v) is 14.4. The molecule has 0 rings (SSSR count). The lowest BCUT2D eigenvalue weighted by Gasteiger charge is -2.20. The first-order chi connectivity index (χ1) is 23.7. The van der Waals surface area contributed by atoms with Gasteiger partial charge in [0.05, 0.1) is 19.8 Å². The van der Waals surface area contributed by atoms with Crippen molar-refractivity contribution in [3.63, 3.8) is 0 Å². The van der Waals surface area contributed by atoms with E-state index in [4.69, 9.17) is 19.1 Å². The Morgan fingerprint density at radius 1 is 0.612 bits per heavy atom. The molecule has 288 valence electrons. The Morgan fingerprint density at radius 3 is 1.65 bits per heavy atom. The van der Waals surface area contributed by atoms with Crippen LogP contribution in [0.2, 0.25) is 0 Å². The number of ether oxygens (including phenoxy) is 2. The predicted octanol–water partition coefficient (Wildman–Crippen LogP) is 9.44. The van der Waals surface area contributed by atoms with Crippen LogP contribution in [-0.2, 0) is 32.7 Å². The minimum atomic E-state index is -4.62. The number of phosphoric ester groups is 1. The molecular weight excluding hydrogens is 647 g/mol. The second-order valence-electron chi connectivity index (χ2n) is 13.0. The summed E-state index contributed by atoms with van der Waals surface area (Å²) >= 11 is 0. The van der Waals surface area contributed by atoms with E-state index in [2.05, 4.69) is 30.5 Å². The summed E-state index contributed by atoms with van der Waals surface area (Å²) in [5, 5.41) is 18.3. The van der Waals surface area contributed by atoms with E-state index in [-0.39, 0.29) is 19.4 Å². The highest BCUT2D eigenvalue weighted by Crippen LogP contribution is 2.43. The van der Waals surface area contributed by atoms with Gasteiger partial charge in [-0.3, -0.25) is 18.6 Å². The second kappa shape index (κ2) is 34.9. The van der Waals surface area contributed by atoms with Crippen LogP contribution < -0.4 is 0 Å². The number of rotatable bonds is 36. The van der Waals surface area contributed by atoms with Crippen molar-refractivity contribution in [2.75, 3.05) is 26.4 Å². The molecule has 2 unspecified atom stereocenters. The van der Waals surface area contributed by atoms with E-state index in [0.717, 1.165) is 32.1 Å². The van der Waals surface area contributed by atoms with Crippen LogP contribution in [0.5, 0.6) is 0 Å². The van der Waals surface area contributed by atoms with E-state index in [9.17, 15) is 24.2 Å². The van der Waals surface area contributed by atoms with E-state index in [1.54, 1.807) is 0 Å². The standard InChI is InChI=1S/C38H71O10P/c1-3-5-7-9-11-13-15-17-19-21-23-25-27-29-37(41)45-33-36(34-47-49(43,44)46-32-35(40)31-39)48-38(42)30-28-26-24-22-20-18-16-14-12-10-8-6-4-2/h18,20,24,26,35-36,39-40H,3-17,19,21-23,25,27-34H2,1-2H3,(H,43,44)/b20-18+,26-24+/t35-,36?/m0/s1. The summed E-state index contributed by atoms with van der Waals surface area (Å²) in [6.45, 7) is 2.29. The van der Waals surface area contributed by atoms with Crippen molar-refractivity contribution in [1.29, 1.82) is 0 Å². The average Bonchev–Trinajstić information content (AvgIpc) is 3.09. The largest absolute Gasteiger partial charge is 0.472 e. The third-order valence-corrected chi connectivity index (χ3v) is 9.07. The molecule has 0 amide bonds. The van der Waals surface area contributed by atoms with Gasteiger partial charge in [-0.25, -0.2) is 4.57 Å². The van der Waals surface area contributed by atoms with Crippen LogP contribution in [0.3, 0.4) is 0 Å². The predicted molar refractivity (Wildman–Crippen MR) is 196 cm³/mol. The van der Waals surface area contributed by atoms with Gasteiger partial charge in [-0.05, 0) is 32.1 Å². The van der Waals surface area contributed by atoms with Crippen LogP contribution in [0.15, 0.2) is 24.3 Å². The van der Waals surface area contributed by atoms with Crippen molar-refractivity contribution in [3.8, 4) is 0 Å². The first-order valence-corrected chi connectivity index (χ1v) is 20.8. The van der Waals surface area contributed by atoms with Gasteiger partial charge in [0.1, 0.15) is 12.7 Å². The van der Waals surface area contributed by atoms with Crippen LogP contribution in [0.25, 0.3) is 0 Å². The molecule has 0 spiro atoms. The number of unbranched alkanes of at least 4 members (excludes halogenated alkanes) is 18. The number of allylic oxidation sites excluding steroid dienone is 4. The fourth-order valence-corrected chi connectivity index (χ4v) is 5.89. The lowest BCUT2D eigenvalue weighted by atomic mass is 10.0. The molecule has 11 heteroatoms. The number of phosphoric acid groups is 1. The Morgan fingerprint density at radius 2 is 1.10 bits per heavy atom. The number of hydrogen-bond acceptors (Lipinski definition) is 9. The Labute approximate surface area is 298 Å². The number of esters is 2. The number of hydrogen-bond donors (Lipinski definition) is 3. The summed E-state index contributed by atoms with van der Waals surface area (Å²) in [7, 11) is -4.62. The molecule has 0 aromatic carbocycles. The fraction of sp³-hybridized carbons (Fsp3) is 0.842. The molecule has 0 aliphatic heterocycles. The Bertz CT molecular complexity index is 879. The van der Waals surface area contributed by atoms with Crippen molar-refractivity contribution in [2.24, 2.45) is 0 Å². The van der Waals surface area contributed by atoms with Crippen molar-refractivity contribution >= 4 is 19.8 Å². The Balaban J connectivity index is 4.43. The molecule has 0 radical (unpaired) electrons. The Hall–Kier alpha value is -1.55. The van der Waals surface area contributed by atoms with Gasteiger partial charge < -0.3 is 24.6 Å². The minimum Gasteiger partial charge on any atom is -0.462 e. The molecule has 0 aliphatic rings. The van der Waals surface area contributed by atoms with Crippen LogP contribution in [0, 0.1) is 0 Å². The molecule has 0 aliphatic carbocycles. The molecule has 49 heavy (non-hydrogen) atoms. The summed E-state index contributed by atoms with van der Waals surface area (Å²) in [4.78, 5) is 34.8. The van der Waals surface area contributed by atoms with Crippen LogP contribution in [0.1, 0.15) is 168 Å². The van der Waals surface area contributed by atoms with Gasteiger partial charge in [0.2, 0.25) is 0 Å². The minimum absolute atomic E-state index is 0.0807. The van der Waals surface area contributed by atoms with Crippen molar-refractivity contribution in [3.05, 3.63) is 24.3 Å². The van der Waals surface area contributed by atoms with E-state index in [0.29, 0.717) is 12.8 Å². The smallest absolute Gasteiger partial charge is 0.462 e. The number of aliphatic hydroxyl groups is 2. The SMILES string of the molecule is CCCCCCCC/C=C/C/C=C/CCC(=O)OC(COC(=O)CCCCCCCCCCCCCCC)COP(=O)(O)OC[C@@H](O)CO. The van der Waals surface area contributed by atoms with E-state index in [1.165, 1.54) is 96.3 Å². The maximum Gasteiger partial charge on any atom is 0.472 e. The first-order valence-electron chi connectivity index (χ1n) is 19.3. The third-order valence-electron chi connectivity index (χ3n) is 8.12. The van der Waals surface area contributed by atoms with Crippen molar-refractivity contribution in [1.82, 2.24) is 0 Å². The molecule has 0 aromatic heterocycles. The topological polar surface area (TPSA) is 149 Å². The molecule has 0 saturated carbocycles. The van der Waals surface area contributed by atoms with Gasteiger partial charge in [0.25, 0.3) is 0 Å². The molecule has 10 nitrogen and oxygen atoms in total. The normalized spacial score (nSPS) is 14.3.